The molecule has 1 aliphatic heterocycles. The van der Waals surface area contributed by atoms with Crippen LogP contribution in [0.5, 0.6) is 0 Å². The maximum Gasteiger partial charge on any atom is 0.251 e. The van der Waals surface area contributed by atoms with Crippen LogP contribution in [0.25, 0.3) is 0 Å². The van der Waals surface area contributed by atoms with Crippen LogP contribution >= 0.6 is 0 Å². The molecule has 3 rings (SSSR count). The third kappa shape index (κ3) is 3.53. The van der Waals surface area contributed by atoms with Crippen molar-refractivity contribution in [2.75, 3.05) is 11.9 Å². The average molecular weight is 272 g/mol. The summed E-state index contributed by atoms with van der Waals surface area (Å²) in [5, 5.41) is 6.33. The molecule has 4 heteroatoms. The molecule has 2 N–H and O–H groups in total. The second-order valence-corrected chi connectivity index (χ2v) is 5.41. The van der Waals surface area contributed by atoms with Crippen LogP contribution < -0.4 is 10.6 Å². The lowest BCUT2D eigenvalue weighted by Gasteiger charge is -2.20. The molecule has 1 saturated carbocycles. The standard InChI is InChI=1S/C16H20N2O2/c19-16(18-14-8-9-14)12-4-6-13(7-5-12)17-11-15-3-1-2-10-20-15/h2,4-7,10,14-15,17H,1,3,8-9,11H2,(H,18,19). The molecule has 0 spiro atoms. The molecule has 1 aromatic carbocycles. The van der Waals surface area contributed by atoms with Gasteiger partial charge in [-0.2, -0.15) is 0 Å². The highest BCUT2D eigenvalue weighted by atomic mass is 16.5. The number of hydrogen-bond acceptors (Lipinski definition) is 3. The number of carbonyl (C=O) groups excluding carboxylic acids is 1. The first kappa shape index (κ1) is 13.0. The molecule has 0 aromatic heterocycles. The number of rotatable bonds is 5. The van der Waals surface area contributed by atoms with Gasteiger partial charge in [0.05, 0.1) is 12.8 Å². The summed E-state index contributed by atoms with van der Waals surface area (Å²) in [5.41, 5.74) is 1.74. The average Bonchev–Trinajstić information content (AvgIpc) is 3.31. The number of carbonyl (C=O) groups is 1. The van der Waals surface area contributed by atoms with E-state index in [4.69, 9.17) is 4.74 Å². The lowest BCUT2D eigenvalue weighted by Crippen LogP contribution is -2.25. The van der Waals surface area contributed by atoms with Gasteiger partial charge in [-0.25, -0.2) is 0 Å². The zero-order chi connectivity index (χ0) is 13.8. The van der Waals surface area contributed by atoms with Crippen LogP contribution in [0.4, 0.5) is 5.69 Å². The van der Waals surface area contributed by atoms with Crippen molar-refractivity contribution in [1.82, 2.24) is 5.32 Å². The molecule has 1 fully saturated rings. The van der Waals surface area contributed by atoms with E-state index in [1.54, 1.807) is 6.26 Å². The fourth-order valence-electron chi connectivity index (χ4n) is 2.20. The smallest absolute Gasteiger partial charge is 0.251 e. The summed E-state index contributed by atoms with van der Waals surface area (Å²) < 4.78 is 5.51. The monoisotopic (exact) mass is 272 g/mol. The van der Waals surface area contributed by atoms with Crippen LogP contribution in [0.1, 0.15) is 36.0 Å². The molecule has 1 aromatic rings. The van der Waals surface area contributed by atoms with Gasteiger partial charge in [-0.3, -0.25) is 4.79 Å². The van der Waals surface area contributed by atoms with E-state index in [1.807, 2.05) is 30.3 Å². The summed E-state index contributed by atoms with van der Waals surface area (Å²) in [4.78, 5) is 11.9. The number of nitrogens with one attached hydrogen (secondary N) is 2. The molecule has 0 radical (unpaired) electrons. The van der Waals surface area contributed by atoms with Crippen molar-refractivity contribution >= 4 is 11.6 Å². The van der Waals surface area contributed by atoms with Crippen molar-refractivity contribution in [2.24, 2.45) is 0 Å². The van der Waals surface area contributed by atoms with Gasteiger partial charge in [0.25, 0.3) is 5.91 Å². The highest BCUT2D eigenvalue weighted by Crippen LogP contribution is 2.20. The number of hydrogen-bond donors (Lipinski definition) is 2. The van der Waals surface area contributed by atoms with Crippen molar-refractivity contribution in [3.05, 3.63) is 42.2 Å². The van der Waals surface area contributed by atoms with Crippen molar-refractivity contribution in [1.29, 1.82) is 0 Å². The molecule has 1 aliphatic carbocycles. The Labute approximate surface area is 119 Å². The Balaban J connectivity index is 1.50. The van der Waals surface area contributed by atoms with Crippen molar-refractivity contribution in [2.45, 2.75) is 37.8 Å². The van der Waals surface area contributed by atoms with E-state index in [-0.39, 0.29) is 12.0 Å². The molecule has 20 heavy (non-hydrogen) atoms. The first-order valence-electron chi connectivity index (χ1n) is 7.26. The third-order valence-electron chi connectivity index (χ3n) is 3.62. The van der Waals surface area contributed by atoms with Gasteiger partial charge >= 0.3 is 0 Å². The molecule has 1 atom stereocenters. The highest BCUT2D eigenvalue weighted by molar-refractivity contribution is 5.94. The number of ether oxygens (including phenoxy) is 1. The molecule has 2 aliphatic rings. The molecule has 1 heterocycles. The van der Waals surface area contributed by atoms with Crippen molar-refractivity contribution in [3.63, 3.8) is 0 Å². The Hall–Kier alpha value is -1.97. The highest BCUT2D eigenvalue weighted by Gasteiger charge is 2.23. The maximum atomic E-state index is 11.9. The normalized spacial score (nSPS) is 21.1. The van der Waals surface area contributed by atoms with E-state index in [2.05, 4.69) is 10.6 Å². The quantitative estimate of drug-likeness (QED) is 0.866. The number of allylic oxidation sites excluding steroid dienone is 1. The summed E-state index contributed by atoms with van der Waals surface area (Å²) in [6.45, 7) is 0.790. The Kier molecular flexibility index (Phi) is 3.90. The molecular formula is C16H20N2O2. The summed E-state index contributed by atoms with van der Waals surface area (Å²) in [5.74, 6) is 0.0276. The second-order valence-electron chi connectivity index (χ2n) is 5.41. The fourth-order valence-corrected chi connectivity index (χ4v) is 2.20. The van der Waals surface area contributed by atoms with Gasteiger partial charge < -0.3 is 15.4 Å². The van der Waals surface area contributed by atoms with E-state index in [0.29, 0.717) is 6.04 Å². The fraction of sp³-hybridized carbons (Fsp3) is 0.438. The number of anilines is 1. The molecule has 106 valence electrons. The minimum atomic E-state index is 0.0276. The Morgan fingerprint density at radius 2 is 2.00 bits per heavy atom. The van der Waals surface area contributed by atoms with Crippen molar-refractivity contribution in [3.8, 4) is 0 Å². The predicted molar refractivity (Wildman–Crippen MR) is 78.7 cm³/mol. The third-order valence-corrected chi connectivity index (χ3v) is 3.62. The summed E-state index contributed by atoms with van der Waals surface area (Å²) >= 11 is 0. The molecule has 1 amide bonds. The van der Waals surface area contributed by atoms with Crippen LogP contribution in [-0.2, 0) is 4.74 Å². The SMILES string of the molecule is O=C(NC1CC1)c1ccc(NCC2CCC=CO2)cc1. The lowest BCUT2D eigenvalue weighted by molar-refractivity contribution is 0.0951. The van der Waals surface area contributed by atoms with Crippen LogP contribution in [0, 0.1) is 0 Å². The largest absolute Gasteiger partial charge is 0.497 e. The molecule has 0 saturated heterocycles. The number of amides is 1. The van der Waals surface area contributed by atoms with Gasteiger partial charge in [-0.1, -0.05) is 0 Å². The summed E-state index contributed by atoms with van der Waals surface area (Å²) in [6, 6.07) is 8.02. The van der Waals surface area contributed by atoms with E-state index in [0.717, 1.165) is 43.5 Å². The topological polar surface area (TPSA) is 50.4 Å². The van der Waals surface area contributed by atoms with Gasteiger partial charge in [0.2, 0.25) is 0 Å². The summed E-state index contributed by atoms with van der Waals surface area (Å²) in [6.07, 6.45) is 8.41. The van der Waals surface area contributed by atoms with Crippen molar-refractivity contribution < 1.29 is 9.53 Å². The van der Waals surface area contributed by atoms with Crippen LogP contribution in [-0.4, -0.2) is 24.6 Å². The Morgan fingerprint density at radius 3 is 2.65 bits per heavy atom. The Bertz CT molecular complexity index is 492. The minimum Gasteiger partial charge on any atom is -0.497 e. The minimum absolute atomic E-state index is 0.0276. The summed E-state index contributed by atoms with van der Waals surface area (Å²) in [7, 11) is 0. The first-order valence-corrected chi connectivity index (χ1v) is 7.26. The van der Waals surface area contributed by atoms with E-state index in [9.17, 15) is 4.79 Å². The van der Waals surface area contributed by atoms with Crippen LogP contribution in [0.2, 0.25) is 0 Å². The molecule has 4 nitrogen and oxygen atoms in total. The lowest BCUT2D eigenvalue weighted by atomic mass is 10.1. The second kappa shape index (κ2) is 5.99. The maximum absolute atomic E-state index is 11.9. The molecule has 1 unspecified atom stereocenters. The first-order chi connectivity index (χ1) is 9.81. The number of benzene rings is 1. The zero-order valence-corrected chi connectivity index (χ0v) is 11.5. The van der Waals surface area contributed by atoms with Gasteiger partial charge in [0.1, 0.15) is 6.10 Å². The Morgan fingerprint density at radius 1 is 1.20 bits per heavy atom. The van der Waals surface area contributed by atoms with E-state index in [1.165, 1.54) is 0 Å². The van der Waals surface area contributed by atoms with Gasteiger partial charge in [-0.15, -0.1) is 0 Å². The van der Waals surface area contributed by atoms with E-state index < -0.39 is 0 Å². The molecule has 0 bridgehead atoms. The van der Waals surface area contributed by atoms with Gasteiger partial charge in [-0.05, 0) is 56.0 Å². The van der Waals surface area contributed by atoms with Crippen LogP contribution in [0.3, 0.4) is 0 Å². The zero-order valence-electron chi connectivity index (χ0n) is 11.5. The van der Waals surface area contributed by atoms with Gasteiger partial charge in [0, 0.05) is 17.3 Å². The van der Waals surface area contributed by atoms with E-state index >= 15 is 0 Å². The van der Waals surface area contributed by atoms with Crippen LogP contribution in [0.15, 0.2) is 36.6 Å². The van der Waals surface area contributed by atoms with Gasteiger partial charge in [0.15, 0.2) is 0 Å². The molecular weight excluding hydrogens is 252 g/mol. The predicted octanol–water partition coefficient (Wildman–Crippen LogP) is 2.68.